The molecule has 154 valence electrons. The van der Waals surface area contributed by atoms with Gasteiger partial charge < -0.3 is 31.5 Å². The number of carbonyl (C=O) groups is 4. The van der Waals surface area contributed by atoms with Gasteiger partial charge in [0.1, 0.15) is 18.1 Å². The van der Waals surface area contributed by atoms with Gasteiger partial charge in [0.25, 0.3) is 0 Å². The van der Waals surface area contributed by atoms with E-state index in [-0.39, 0.29) is 18.1 Å². The van der Waals surface area contributed by atoms with E-state index < -0.39 is 54.0 Å². The third kappa shape index (κ3) is 6.26. The molecule has 1 fully saturated rings. The van der Waals surface area contributed by atoms with Gasteiger partial charge in [0.15, 0.2) is 0 Å². The van der Waals surface area contributed by atoms with Crippen molar-refractivity contribution >= 4 is 48.9 Å². The molecule has 0 bridgehead atoms. The van der Waals surface area contributed by atoms with Crippen molar-refractivity contribution in [3.63, 3.8) is 0 Å². The van der Waals surface area contributed by atoms with Crippen LogP contribution < -0.4 is 16.4 Å². The smallest absolute Gasteiger partial charge is 0.326 e. The summed E-state index contributed by atoms with van der Waals surface area (Å²) in [5, 5.41) is 23.7. The molecule has 5 unspecified atom stereocenters. The van der Waals surface area contributed by atoms with E-state index in [0.29, 0.717) is 12.8 Å². The molecule has 0 spiro atoms. The molecule has 1 rings (SSSR count). The van der Waals surface area contributed by atoms with E-state index in [2.05, 4.69) is 35.9 Å². The Kier molecular flexibility index (Phi) is 9.36. The Balaban J connectivity index is 2.83. The van der Waals surface area contributed by atoms with E-state index in [1.807, 2.05) is 0 Å². The van der Waals surface area contributed by atoms with Crippen LogP contribution in [0.4, 0.5) is 0 Å². The fourth-order valence-corrected chi connectivity index (χ4v) is 3.10. The van der Waals surface area contributed by atoms with Crippen molar-refractivity contribution in [2.24, 2.45) is 5.73 Å². The first-order valence-corrected chi connectivity index (χ1v) is 9.69. The molecule has 0 aromatic rings. The molecule has 6 N–H and O–H groups in total. The number of nitrogens with zero attached hydrogens (tertiary/aromatic N) is 1. The molecule has 1 saturated heterocycles. The lowest BCUT2D eigenvalue weighted by Gasteiger charge is -2.28. The second-order valence-electron chi connectivity index (χ2n) is 6.29. The largest absolute Gasteiger partial charge is 0.480 e. The number of hydrogen-bond donors (Lipinski definition) is 7. The molecule has 0 radical (unpaired) electrons. The number of nitrogens with one attached hydrogen (secondary N) is 2. The fraction of sp³-hybridized carbons (Fsp3) is 0.733. The number of rotatable bonds is 9. The minimum Gasteiger partial charge on any atom is -0.480 e. The first-order valence-electron chi connectivity index (χ1n) is 8.43. The van der Waals surface area contributed by atoms with Crippen LogP contribution in [0, 0.1) is 0 Å². The van der Waals surface area contributed by atoms with Crippen molar-refractivity contribution in [2.75, 3.05) is 18.1 Å². The van der Waals surface area contributed by atoms with Crippen molar-refractivity contribution in [1.82, 2.24) is 15.5 Å². The summed E-state index contributed by atoms with van der Waals surface area (Å²) in [6.45, 7) is 1.57. The van der Waals surface area contributed by atoms with Gasteiger partial charge in [-0.2, -0.15) is 25.3 Å². The number of aliphatic hydroxyl groups excluding tert-OH is 1. The quantitative estimate of drug-likeness (QED) is 0.204. The molecule has 3 amide bonds. The number of carbonyl (C=O) groups excluding carboxylic acids is 3. The summed E-state index contributed by atoms with van der Waals surface area (Å²) in [5.41, 5.74) is 5.54. The molecular weight excluding hydrogens is 396 g/mol. The molecule has 0 saturated carbocycles. The highest BCUT2D eigenvalue weighted by molar-refractivity contribution is 7.80. The van der Waals surface area contributed by atoms with E-state index >= 15 is 0 Å². The maximum absolute atomic E-state index is 12.6. The topological polar surface area (TPSA) is 162 Å². The number of aliphatic hydroxyl groups is 1. The molecule has 12 heteroatoms. The highest BCUT2D eigenvalue weighted by Crippen LogP contribution is 2.18. The zero-order valence-electron chi connectivity index (χ0n) is 14.9. The Morgan fingerprint density at radius 2 is 1.81 bits per heavy atom. The lowest BCUT2D eigenvalue weighted by Crippen LogP contribution is -2.60. The molecule has 10 nitrogen and oxygen atoms in total. The van der Waals surface area contributed by atoms with E-state index in [0.717, 1.165) is 0 Å². The summed E-state index contributed by atoms with van der Waals surface area (Å²) in [4.78, 5) is 49.4. The van der Waals surface area contributed by atoms with E-state index in [1.54, 1.807) is 0 Å². The van der Waals surface area contributed by atoms with Gasteiger partial charge in [0, 0.05) is 18.1 Å². The van der Waals surface area contributed by atoms with Crippen LogP contribution in [0.15, 0.2) is 0 Å². The fourth-order valence-electron chi connectivity index (χ4n) is 2.68. The van der Waals surface area contributed by atoms with Crippen LogP contribution in [0.3, 0.4) is 0 Å². The summed E-state index contributed by atoms with van der Waals surface area (Å²) in [7, 11) is 0. The molecule has 1 aliphatic heterocycles. The average molecular weight is 423 g/mol. The highest BCUT2D eigenvalue weighted by atomic mass is 32.1. The standard InChI is InChI=1S/C15H26N4O6S2/c1-7(20)11(18-12(21)8(16)5-26)13(22)17-9(6-27)14(23)19-4-2-3-10(19)15(24)25/h7-11,20,26-27H,2-6,16H2,1H3,(H,17,22)(H,18,21)(H,24,25). The van der Waals surface area contributed by atoms with Crippen LogP contribution in [-0.2, 0) is 19.2 Å². The van der Waals surface area contributed by atoms with Crippen molar-refractivity contribution in [1.29, 1.82) is 0 Å². The van der Waals surface area contributed by atoms with Gasteiger partial charge in [-0.15, -0.1) is 0 Å². The second kappa shape index (κ2) is 10.7. The predicted molar refractivity (Wildman–Crippen MR) is 104 cm³/mol. The van der Waals surface area contributed by atoms with Crippen LogP contribution in [-0.4, -0.2) is 87.1 Å². The first kappa shape index (κ1) is 23.5. The molecule has 27 heavy (non-hydrogen) atoms. The normalized spacial score (nSPS) is 21.1. The van der Waals surface area contributed by atoms with Crippen LogP contribution in [0.25, 0.3) is 0 Å². The SMILES string of the molecule is CC(O)C(NC(=O)C(N)CS)C(=O)NC(CS)C(=O)N1CCCC1C(=O)O. The van der Waals surface area contributed by atoms with Gasteiger partial charge in [0.2, 0.25) is 17.7 Å². The highest BCUT2D eigenvalue weighted by Gasteiger charge is 2.38. The Labute approximate surface area is 168 Å². The molecule has 0 aromatic carbocycles. The number of likely N-dealkylation sites (tertiary alicyclic amines) is 1. The Bertz CT molecular complexity index is 577. The summed E-state index contributed by atoms with van der Waals surface area (Å²) in [5.74, 6) is -3.20. The molecule has 0 aliphatic carbocycles. The second-order valence-corrected chi connectivity index (χ2v) is 7.02. The zero-order chi connectivity index (χ0) is 20.7. The minimum atomic E-state index is -1.34. The van der Waals surface area contributed by atoms with Gasteiger partial charge in [0.05, 0.1) is 12.1 Å². The van der Waals surface area contributed by atoms with Crippen LogP contribution >= 0.6 is 25.3 Å². The monoisotopic (exact) mass is 422 g/mol. The number of nitrogens with two attached hydrogens (primary N) is 1. The number of thiol groups is 2. The number of amides is 3. The third-order valence-electron chi connectivity index (χ3n) is 4.21. The maximum atomic E-state index is 12.6. The van der Waals surface area contributed by atoms with Crippen molar-refractivity contribution in [2.45, 2.75) is 50.0 Å². The first-order chi connectivity index (χ1) is 12.6. The Hall–Kier alpha value is -1.50. The Morgan fingerprint density at radius 1 is 1.19 bits per heavy atom. The van der Waals surface area contributed by atoms with Gasteiger partial charge in [-0.3, -0.25) is 14.4 Å². The third-order valence-corrected chi connectivity index (χ3v) is 4.97. The summed E-state index contributed by atoms with van der Waals surface area (Å²) < 4.78 is 0. The van der Waals surface area contributed by atoms with Crippen LogP contribution in [0.1, 0.15) is 19.8 Å². The van der Waals surface area contributed by atoms with Crippen LogP contribution in [0.5, 0.6) is 0 Å². The molecular formula is C15H26N4O6S2. The number of hydrogen-bond acceptors (Lipinski definition) is 8. The molecule has 1 aliphatic rings. The Morgan fingerprint density at radius 3 is 2.30 bits per heavy atom. The van der Waals surface area contributed by atoms with E-state index in [9.17, 15) is 29.4 Å². The van der Waals surface area contributed by atoms with E-state index in [4.69, 9.17) is 5.73 Å². The minimum absolute atomic E-state index is 0.0449. The summed E-state index contributed by atoms with van der Waals surface area (Å²) in [6.07, 6.45) is -0.373. The van der Waals surface area contributed by atoms with Crippen molar-refractivity contribution < 1.29 is 29.4 Å². The number of carboxylic acids is 1. The molecule has 0 aromatic heterocycles. The van der Waals surface area contributed by atoms with Crippen molar-refractivity contribution in [3.05, 3.63) is 0 Å². The van der Waals surface area contributed by atoms with Crippen LogP contribution in [0.2, 0.25) is 0 Å². The van der Waals surface area contributed by atoms with Gasteiger partial charge in [-0.1, -0.05) is 0 Å². The lowest BCUT2D eigenvalue weighted by molar-refractivity contribution is -0.149. The molecule has 1 heterocycles. The zero-order valence-corrected chi connectivity index (χ0v) is 16.7. The number of carboxylic acid groups (broad SMARTS) is 1. The average Bonchev–Trinajstić information content (AvgIpc) is 3.12. The maximum Gasteiger partial charge on any atom is 0.326 e. The molecule has 5 atom stereocenters. The number of aliphatic carboxylic acids is 1. The summed E-state index contributed by atoms with van der Waals surface area (Å²) in [6, 6.07) is -4.35. The lowest BCUT2D eigenvalue weighted by atomic mass is 10.1. The summed E-state index contributed by atoms with van der Waals surface area (Å²) >= 11 is 7.95. The predicted octanol–water partition coefficient (Wildman–Crippen LogP) is -2.40. The van der Waals surface area contributed by atoms with E-state index in [1.165, 1.54) is 11.8 Å². The van der Waals surface area contributed by atoms with Gasteiger partial charge in [-0.05, 0) is 19.8 Å². The van der Waals surface area contributed by atoms with Crippen molar-refractivity contribution in [3.8, 4) is 0 Å². The van der Waals surface area contributed by atoms with Gasteiger partial charge >= 0.3 is 5.97 Å². The van der Waals surface area contributed by atoms with Gasteiger partial charge in [-0.25, -0.2) is 4.79 Å².